The Labute approximate surface area is 126 Å². The van der Waals surface area contributed by atoms with E-state index in [0.29, 0.717) is 21.8 Å². The number of carbonyl (C=O) groups excluding carboxylic acids is 1. The van der Waals surface area contributed by atoms with Gasteiger partial charge in [0.2, 0.25) is 0 Å². The van der Waals surface area contributed by atoms with E-state index < -0.39 is 0 Å². The molecule has 0 bridgehead atoms. The molecule has 104 valence electrons. The van der Waals surface area contributed by atoms with Gasteiger partial charge in [-0.3, -0.25) is 4.79 Å². The molecule has 0 aliphatic rings. The summed E-state index contributed by atoms with van der Waals surface area (Å²) >= 11 is 4.89. The number of fused-ring (bicyclic) bond motifs is 1. The van der Waals surface area contributed by atoms with Crippen molar-refractivity contribution in [2.75, 3.05) is 5.32 Å². The number of amides is 1. The summed E-state index contributed by atoms with van der Waals surface area (Å²) in [6.45, 7) is 0. The van der Waals surface area contributed by atoms with Crippen molar-refractivity contribution < 1.29 is 9.21 Å². The number of benzene rings is 2. The van der Waals surface area contributed by atoms with Crippen LogP contribution in [0.15, 0.2) is 59.2 Å². The largest absolute Gasteiger partial charge is 0.463 e. The van der Waals surface area contributed by atoms with Crippen molar-refractivity contribution in [3.8, 4) is 0 Å². The van der Waals surface area contributed by atoms with Crippen LogP contribution < -0.4 is 11.1 Å². The van der Waals surface area contributed by atoms with Gasteiger partial charge >= 0.3 is 0 Å². The third-order valence-electron chi connectivity index (χ3n) is 3.15. The first-order valence-corrected chi connectivity index (χ1v) is 6.73. The van der Waals surface area contributed by atoms with Gasteiger partial charge in [-0.25, -0.2) is 0 Å². The van der Waals surface area contributed by atoms with Crippen LogP contribution in [0.5, 0.6) is 0 Å². The van der Waals surface area contributed by atoms with E-state index in [-0.39, 0.29) is 5.91 Å². The van der Waals surface area contributed by atoms with Crippen molar-refractivity contribution in [2.24, 2.45) is 5.73 Å². The highest BCUT2D eigenvalue weighted by Crippen LogP contribution is 2.22. The summed E-state index contributed by atoms with van der Waals surface area (Å²) in [6, 6.07) is 14.5. The number of nitrogens with two attached hydrogens (primary N) is 1. The van der Waals surface area contributed by atoms with Crippen LogP contribution in [0.3, 0.4) is 0 Å². The number of hydrogen-bond acceptors (Lipinski definition) is 3. The molecule has 3 N–H and O–H groups in total. The second-order valence-corrected chi connectivity index (χ2v) is 4.98. The Bertz CT molecular complexity index is 822. The summed E-state index contributed by atoms with van der Waals surface area (Å²) < 4.78 is 5.36. The zero-order chi connectivity index (χ0) is 14.8. The summed E-state index contributed by atoms with van der Waals surface area (Å²) in [6.07, 6.45) is 1.46. The van der Waals surface area contributed by atoms with Crippen LogP contribution in [0, 0.1) is 0 Å². The number of rotatable bonds is 3. The maximum Gasteiger partial charge on any atom is 0.259 e. The van der Waals surface area contributed by atoms with Gasteiger partial charge < -0.3 is 15.5 Å². The van der Waals surface area contributed by atoms with Gasteiger partial charge in [0, 0.05) is 16.6 Å². The average molecular weight is 296 g/mol. The fraction of sp³-hybridized carbons (Fsp3) is 0. The van der Waals surface area contributed by atoms with E-state index >= 15 is 0 Å². The molecule has 0 fully saturated rings. The van der Waals surface area contributed by atoms with Gasteiger partial charge in [-0.1, -0.05) is 30.4 Å². The lowest BCUT2D eigenvalue weighted by Crippen LogP contribution is -2.12. The van der Waals surface area contributed by atoms with Crippen molar-refractivity contribution in [1.82, 2.24) is 0 Å². The fourth-order valence-electron chi connectivity index (χ4n) is 2.07. The molecule has 0 spiro atoms. The van der Waals surface area contributed by atoms with Crippen LogP contribution in [-0.4, -0.2) is 10.9 Å². The maximum atomic E-state index is 12.3. The average Bonchev–Trinajstić information content (AvgIpc) is 2.92. The van der Waals surface area contributed by atoms with Crippen LogP contribution in [0.25, 0.3) is 11.0 Å². The molecule has 0 saturated carbocycles. The number of thiocarbonyl (C=S) groups is 1. The molecule has 0 saturated heterocycles. The summed E-state index contributed by atoms with van der Waals surface area (Å²) in [5.74, 6) is -0.219. The van der Waals surface area contributed by atoms with E-state index in [4.69, 9.17) is 22.4 Å². The molecule has 3 aromatic rings. The van der Waals surface area contributed by atoms with E-state index in [1.165, 1.54) is 6.26 Å². The quantitative estimate of drug-likeness (QED) is 0.728. The number of anilines is 1. The molecule has 0 aliphatic carbocycles. The normalized spacial score (nSPS) is 10.5. The van der Waals surface area contributed by atoms with Crippen LogP contribution in [-0.2, 0) is 0 Å². The summed E-state index contributed by atoms with van der Waals surface area (Å²) in [5.41, 5.74) is 8.16. The maximum absolute atomic E-state index is 12.3. The Balaban J connectivity index is 1.84. The highest BCUT2D eigenvalue weighted by molar-refractivity contribution is 7.80. The predicted molar refractivity (Wildman–Crippen MR) is 86.5 cm³/mol. The number of para-hydroxylation sites is 1. The molecule has 0 atom stereocenters. The van der Waals surface area contributed by atoms with Gasteiger partial charge in [-0.2, -0.15) is 0 Å². The first-order valence-electron chi connectivity index (χ1n) is 6.32. The molecule has 3 rings (SSSR count). The second-order valence-electron chi connectivity index (χ2n) is 4.54. The van der Waals surface area contributed by atoms with Gasteiger partial charge in [-0.05, 0) is 30.3 Å². The minimum Gasteiger partial charge on any atom is -0.463 e. The Kier molecular flexibility index (Phi) is 3.41. The molecule has 5 heteroatoms. The minimum absolute atomic E-state index is 0.219. The van der Waals surface area contributed by atoms with E-state index in [1.54, 1.807) is 24.3 Å². The third-order valence-corrected chi connectivity index (χ3v) is 3.39. The zero-order valence-electron chi connectivity index (χ0n) is 11.0. The van der Waals surface area contributed by atoms with Gasteiger partial charge in [0.25, 0.3) is 5.91 Å². The van der Waals surface area contributed by atoms with Crippen molar-refractivity contribution in [3.05, 3.63) is 65.9 Å². The lowest BCUT2D eigenvalue weighted by atomic mass is 10.1. The third kappa shape index (κ3) is 2.64. The lowest BCUT2D eigenvalue weighted by Gasteiger charge is -2.05. The molecule has 1 amide bonds. The SMILES string of the molecule is NC(=S)c1ccc(NC(=O)c2coc3ccccc23)cc1. The molecule has 2 aromatic carbocycles. The Morgan fingerprint density at radius 3 is 2.52 bits per heavy atom. The van der Waals surface area contributed by atoms with Crippen molar-refractivity contribution in [1.29, 1.82) is 0 Å². The minimum atomic E-state index is -0.219. The topological polar surface area (TPSA) is 68.3 Å². The number of hydrogen-bond donors (Lipinski definition) is 2. The predicted octanol–water partition coefficient (Wildman–Crippen LogP) is 3.32. The highest BCUT2D eigenvalue weighted by Gasteiger charge is 2.13. The summed E-state index contributed by atoms with van der Waals surface area (Å²) in [4.78, 5) is 12.6. The van der Waals surface area contributed by atoms with Crippen molar-refractivity contribution in [2.45, 2.75) is 0 Å². The lowest BCUT2D eigenvalue weighted by molar-refractivity contribution is 0.102. The molecule has 1 aromatic heterocycles. The molecule has 0 unspecified atom stereocenters. The molecule has 21 heavy (non-hydrogen) atoms. The standard InChI is InChI=1S/C16H12N2O2S/c17-15(21)10-5-7-11(8-6-10)18-16(19)13-9-20-14-4-2-1-3-12(13)14/h1-9H,(H2,17,21)(H,18,19). The summed E-state index contributed by atoms with van der Waals surface area (Å²) in [7, 11) is 0. The Hall–Kier alpha value is -2.66. The molecule has 4 nitrogen and oxygen atoms in total. The summed E-state index contributed by atoms with van der Waals surface area (Å²) in [5, 5.41) is 3.61. The van der Waals surface area contributed by atoms with Gasteiger partial charge in [0.05, 0.1) is 5.56 Å². The van der Waals surface area contributed by atoms with Crippen molar-refractivity contribution >= 4 is 39.8 Å². The van der Waals surface area contributed by atoms with Crippen LogP contribution in [0.2, 0.25) is 0 Å². The van der Waals surface area contributed by atoms with E-state index in [0.717, 1.165) is 10.9 Å². The van der Waals surface area contributed by atoms with E-state index in [1.807, 2.05) is 24.3 Å². The second kappa shape index (κ2) is 5.38. The monoisotopic (exact) mass is 296 g/mol. The van der Waals surface area contributed by atoms with Gasteiger partial charge in [-0.15, -0.1) is 0 Å². The first kappa shape index (κ1) is 13.3. The smallest absolute Gasteiger partial charge is 0.259 e. The van der Waals surface area contributed by atoms with Crippen molar-refractivity contribution in [3.63, 3.8) is 0 Å². The first-order chi connectivity index (χ1) is 10.1. The van der Waals surface area contributed by atoms with Gasteiger partial charge in [0.1, 0.15) is 16.8 Å². The van der Waals surface area contributed by atoms with E-state index in [9.17, 15) is 4.79 Å². The Morgan fingerprint density at radius 1 is 1.10 bits per heavy atom. The fourth-order valence-corrected chi connectivity index (χ4v) is 2.21. The van der Waals surface area contributed by atoms with Gasteiger partial charge in [0.15, 0.2) is 0 Å². The van der Waals surface area contributed by atoms with Crippen LogP contribution in [0.1, 0.15) is 15.9 Å². The number of furan rings is 1. The highest BCUT2D eigenvalue weighted by atomic mass is 32.1. The number of nitrogens with one attached hydrogen (secondary N) is 1. The molecule has 0 aliphatic heterocycles. The molecule has 1 heterocycles. The molecule has 0 radical (unpaired) electrons. The zero-order valence-corrected chi connectivity index (χ0v) is 11.8. The molecular formula is C16H12N2O2S. The molecular weight excluding hydrogens is 284 g/mol. The number of carbonyl (C=O) groups is 1. The van der Waals surface area contributed by atoms with Crippen LogP contribution in [0.4, 0.5) is 5.69 Å². The Morgan fingerprint density at radius 2 is 1.81 bits per heavy atom. The van der Waals surface area contributed by atoms with Crippen LogP contribution >= 0.6 is 12.2 Å². The van der Waals surface area contributed by atoms with E-state index in [2.05, 4.69) is 5.32 Å².